The molecule has 1 atom stereocenters. The summed E-state index contributed by atoms with van der Waals surface area (Å²) in [6.45, 7) is -0.00248. The number of carbonyl (C=O) groups is 1. The second-order valence-corrected chi connectivity index (χ2v) is 1.91. The molecule has 0 rings (SSSR count). The molecule has 0 saturated heterocycles. The topological polar surface area (TPSA) is 95.6 Å². The zero-order valence-electron chi connectivity index (χ0n) is 5.58. The van der Waals surface area contributed by atoms with Crippen molar-refractivity contribution in [2.45, 2.75) is 12.5 Å². The summed E-state index contributed by atoms with van der Waals surface area (Å²) in [5, 5.41) is 19.4. The number of rotatable bonds is 4. The van der Waals surface area contributed by atoms with Gasteiger partial charge in [-0.15, -0.1) is 0 Å². The van der Waals surface area contributed by atoms with Crippen molar-refractivity contribution < 1.29 is 15.0 Å². The first-order valence-electron chi connectivity index (χ1n) is 2.99. The zero-order chi connectivity index (χ0) is 7.98. The van der Waals surface area contributed by atoms with Gasteiger partial charge in [-0.2, -0.15) is 0 Å². The van der Waals surface area contributed by atoms with Crippen LogP contribution in [-0.4, -0.2) is 35.5 Å². The Labute approximate surface area is 58.8 Å². The van der Waals surface area contributed by atoms with E-state index in [9.17, 15) is 4.79 Å². The van der Waals surface area contributed by atoms with Crippen LogP contribution in [-0.2, 0) is 0 Å². The molecule has 0 aliphatic carbocycles. The number of amides is 2. The van der Waals surface area contributed by atoms with E-state index in [2.05, 4.69) is 5.32 Å². The van der Waals surface area contributed by atoms with Crippen molar-refractivity contribution in [1.82, 2.24) is 5.32 Å². The Balaban J connectivity index is 3.21. The Morgan fingerprint density at radius 3 is 2.70 bits per heavy atom. The molecular weight excluding hydrogens is 136 g/mol. The molecule has 60 valence electrons. The fourth-order valence-electron chi connectivity index (χ4n) is 0.469. The number of hydrogen-bond donors (Lipinski definition) is 4. The van der Waals surface area contributed by atoms with Crippen molar-refractivity contribution in [3.8, 4) is 0 Å². The Hall–Kier alpha value is -0.810. The second-order valence-electron chi connectivity index (χ2n) is 1.91. The van der Waals surface area contributed by atoms with Gasteiger partial charge in [0.2, 0.25) is 0 Å². The lowest BCUT2D eigenvalue weighted by molar-refractivity contribution is 0.132. The van der Waals surface area contributed by atoms with Crippen molar-refractivity contribution >= 4 is 6.03 Å². The van der Waals surface area contributed by atoms with Crippen LogP contribution in [0.2, 0.25) is 0 Å². The molecular formula is C5H12N2O3. The highest BCUT2D eigenvalue weighted by atomic mass is 16.3. The number of carbonyl (C=O) groups excluding carboxylic acids is 1. The lowest BCUT2D eigenvalue weighted by Gasteiger charge is -2.07. The molecule has 0 spiro atoms. The van der Waals surface area contributed by atoms with E-state index in [1.54, 1.807) is 0 Å². The van der Waals surface area contributed by atoms with Gasteiger partial charge in [0.1, 0.15) is 0 Å². The summed E-state index contributed by atoms with van der Waals surface area (Å²) in [7, 11) is 0. The van der Waals surface area contributed by atoms with E-state index in [4.69, 9.17) is 15.9 Å². The maximum Gasteiger partial charge on any atom is 0.312 e. The molecule has 0 aliphatic rings. The third kappa shape index (κ3) is 5.33. The zero-order valence-corrected chi connectivity index (χ0v) is 5.58. The maximum absolute atomic E-state index is 10.0. The summed E-state index contributed by atoms with van der Waals surface area (Å²) in [6, 6.07) is -0.669. The molecule has 0 heterocycles. The highest BCUT2D eigenvalue weighted by Crippen LogP contribution is 1.86. The summed E-state index contributed by atoms with van der Waals surface area (Å²) in [6.07, 6.45) is -0.460. The lowest BCUT2D eigenvalue weighted by atomic mass is 10.3. The van der Waals surface area contributed by atoms with Crippen LogP contribution in [0.4, 0.5) is 4.79 Å². The first-order valence-corrected chi connectivity index (χ1v) is 2.99. The van der Waals surface area contributed by atoms with Crippen LogP contribution in [0.1, 0.15) is 6.42 Å². The van der Waals surface area contributed by atoms with Crippen LogP contribution >= 0.6 is 0 Å². The average molecular weight is 148 g/mol. The number of urea groups is 1. The van der Waals surface area contributed by atoms with E-state index < -0.39 is 12.1 Å². The van der Waals surface area contributed by atoms with Gasteiger partial charge in [-0.3, -0.25) is 0 Å². The van der Waals surface area contributed by atoms with Crippen LogP contribution < -0.4 is 11.1 Å². The summed E-state index contributed by atoms with van der Waals surface area (Å²) in [5.41, 5.74) is 4.71. The minimum atomic E-state index is -0.711. The Morgan fingerprint density at radius 1 is 1.70 bits per heavy atom. The standard InChI is InChI=1S/C5H12N2O3/c6-5(10)7-3-4(9)1-2-8/h4,8-9H,1-3H2,(H3,6,7,10). The van der Waals surface area contributed by atoms with Crippen molar-refractivity contribution in [2.75, 3.05) is 13.2 Å². The SMILES string of the molecule is NC(=O)NCC(O)CCO. The Morgan fingerprint density at radius 2 is 2.30 bits per heavy atom. The normalized spacial score (nSPS) is 12.6. The number of aliphatic hydroxyl groups excluding tert-OH is 2. The van der Waals surface area contributed by atoms with Gasteiger partial charge in [0, 0.05) is 13.2 Å². The molecule has 0 aliphatic heterocycles. The van der Waals surface area contributed by atoms with Gasteiger partial charge in [-0.25, -0.2) is 4.79 Å². The molecule has 0 saturated carbocycles. The van der Waals surface area contributed by atoms with Gasteiger partial charge in [-0.1, -0.05) is 0 Å². The van der Waals surface area contributed by atoms with Gasteiger partial charge in [-0.05, 0) is 6.42 Å². The minimum Gasteiger partial charge on any atom is -0.396 e. The van der Waals surface area contributed by atoms with Gasteiger partial charge < -0.3 is 21.3 Å². The van der Waals surface area contributed by atoms with E-state index in [-0.39, 0.29) is 19.6 Å². The highest BCUT2D eigenvalue weighted by molar-refractivity contribution is 5.71. The third-order valence-corrected chi connectivity index (χ3v) is 0.974. The summed E-state index contributed by atoms with van der Waals surface area (Å²) in [5.74, 6) is 0. The van der Waals surface area contributed by atoms with Crippen LogP contribution in [0.15, 0.2) is 0 Å². The van der Waals surface area contributed by atoms with Crippen LogP contribution in [0.5, 0.6) is 0 Å². The average Bonchev–Trinajstić information content (AvgIpc) is 1.85. The van der Waals surface area contributed by atoms with Gasteiger partial charge >= 0.3 is 6.03 Å². The molecule has 5 nitrogen and oxygen atoms in total. The fourth-order valence-corrected chi connectivity index (χ4v) is 0.469. The van der Waals surface area contributed by atoms with Crippen LogP contribution in [0, 0.1) is 0 Å². The summed E-state index contributed by atoms with van der Waals surface area (Å²) >= 11 is 0. The van der Waals surface area contributed by atoms with E-state index in [0.717, 1.165) is 0 Å². The summed E-state index contributed by atoms with van der Waals surface area (Å²) in [4.78, 5) is 10.0. The van der Waals surface area contributed by atoms with Gasteiger partial charge in [0.05, 0.1) is 6.10 Å². The Kier molecular flexibility index (Phi) is 4.61. The molecule has 1 unspecified atom stereocenters. The monoisotopic (exact) mass is 148 g/mol. The van der Waals surface area contributed by atoms with E-state index in [0.29, 0.717) is 0 Å². The minimum absolute atomic E-state index is 0.0931. The number of nitrogens with one attached hydrogen (secondary N) is 1. The summed E-state index contributed by atoms with van der Waals surface area (Å²) < 4.78 is 0. The van der Waals surface area contributed by atoms with E-state index in [1.165, 1.54) is 0 Å². The highest BCUT2D eigenvalue weighted by Gasteiger charge is 2.02. The number of primary amides is 1. The molecule has 5 N–H and O–H groups in total. The number of nitrogens with two attached hydrogens (primary N) is 1. The second kappa shape index (κ2) is 5.01. The van der Waals surface area contributed by atoms with Gasteiger partial charge in [0.15, 0.2) is 0 Å². The van der Waals surface area contributed by atoms with Crippen molar-refractivity contribution in [1.29, 1.82) is 0 Å². The number of hydrogen-bond acceptors (Lipinski definition) is 3. The van der Waals surface area contributed by atoms with Gasteiger partial charge in [0.25, 0.3) is 0 Å². The largest absolute Gasteiger partial charge is 0.396 e. The van der Waals surface area contributed by atoms with E-state index in [1.807, 2.05) is 0 Å². The van der Waals surface area contributed by atoms with Crippen LogP contribution in [0.25, 0.3) is 0 Å². The molecule has 10 heavy (non-hydrogen) atoms. The lowest BCUT2D eigenvalue weighted by Crippen LogP contribution is -2.36. The molecule has 2 amide bonds. The first kappa shape index (κ1) is 9.19. The van der Waals surface area contributed by atoms with E-state index >= 15 is 0 Å². The van der Waals surface area contributed by atoms with Crippen molar-refractivity contribution in [2.24, 2.45) is 5.73 Å². The molecule has 0 fully saturated rings. The Bertz CT molecular complexity index is 107. The molecule has 5 heteroatoms. The predicted molar refractivity (Wildman–Crippen MR) is 35.3 cm³/mol. The number of aliphatic hydroxyl groups is 2. The van der Waals surface area contributed by atoms with Crippen molar-refractivity contribution in [3.63, 3.8) is 0 Å². The molecule has 0 bridgehead atoms. The smallest absolute Gasteiger partial charge is 0.312 e. The fraction of sp³-hybridized carbons (Fsp3) is 0.800. The first-order chi connectivity index (χ1) is 4.66. The third-order valence-electron chi connectivity index (χ3n) is 0.974. The quantitative estimate of drug-likeness (QED) is 0.386. The van der Waals surface area contributed by atoms with Crippen LogP contribution in [0.3, 0.4) is 0 Å². The molecule has 0 aromatic rings. The van der Waals surface area contributed by atoms with Crippen molar-refractivity contribution in [3.05, 3.63) is 0 Å². The molecule has 0 aromatic heterocycles. The predicted octanol–water partition coefficient (Wildman–Crippen LogP) is -1.60. The maximum atomic E-state index is 10.0. The molecule has 0 radical (unpaired) electrons. The molecule has 0 aromatic carbocycles.